The average molecular weight is 267 g/mol. The molecule has 1 aromatic rings. The SMILES string of the molecule is CCCC(NC/C=C(/CC)C(=O)O)c1cccs1. The highest BCUT2D eigenvalue weighted by atomic mass is 32.1. The van der Waals surface area contributed by atoms with Crippen molar-refractivity contribution in [2.45, 2.75) is 39.2 Å². The Balaban J connectivity index is 2.55. The number of aliphatic carboxylic acids is 1. The Morgan fingerprint density at radius 1 is 1.56 bits per heavy atom. The van der Waals surface area contributed by atoms with E-state index in [4.69, 9.17) is 5.11 Å². The first-order valence-electron chi connectivity index (χ1n) is 6.38. The minimum Gasteiger partial charge on any atom is -0.478 e. The van der Waals surface area contributed by atoms with Gasteiger partial charge >= 0.3 is 5.97 Å². The van der Waals surface area contributed by atoms with Gasteiger partial charge in [-0.2, -0.15) is 0 Å². The standard InChI is InChI=1S/C14H21NO2S/c1-3-6-12(13-7-5-10-18-13)15-9-8-11(4-2)14(16)17/h5,7-8,10,12,15H,3-4,6,9H2,1-2H3,(H,16,17)/b11-8-. The Morgan fingerprint density at radius 3 is 2.83 bits per heavy atom. The molecule has 1 aromatic heterocycles. The number of carboxylic acids is 1. The molecular weight excluding hydrogens is 246 g/mol. The van der Waals surface area contributed by atoms with Crippen molar-refractivity contribution in [2.24, 2.45) is 0 Å². The monoisotopic (exact) mass is 267 g/mol. The van der Waals surface area contributed by atoms with Crippen LogP contribution in [0.3, 0.4) is 0 Å². The molecule has 0 radical (unpaired) electrons. The molecule has 0 aliphatic rings. The average Bonchev–Trinajstić information content (AvgIpc) is 2.86. The lowest BCUT2D eigenvalue weighted by Crippen LogP contribution is -2.21. The van der Waals surface area contributed by atoms with Crippen molar-refractivity contribution in [2.75, 3.05) is 6.54 Å². The first kappa shape index (κ1) is 14.9. The Labute approximate surface area is 113 Å². The highest BCUT2D eigenvalue weighted by molar-refractivity contribution is 7.10. The maximum absolute atomic E-state index is 10.9. The molecular formula is C14H21NO2S. The van der Waals surface area contributed by atoms with Crippen LogP contribution in [0.2, 0.25) is 0 Å². The molecule has 1 rings (SSSR count). The van der Waals surface area contributed by atoms with Crippen LogP contribution in [-0.2, 0) is 4.79 Å². The summed E-state index contributed by atoms with van der Waals surface area (Å²) in [7, 11) is 0. The van der Waals surface area contributed by atoms with Crippen molar-refractivity contribution < 1.29 is 9.90 Å². The molecule has 3 nitrogen and oxygen atoms in total. The van der Waals surface area contributed by atoms with E-state index in [9.17, 15) is 4.79 Å². The third kappa shape index (κ3) is 4.63. The van der Waals surface area contributed by atoms with Crippen molar-refractivity contribution in [3.63, 3.8) is 0 Å². The second-order valence-corrected chi connectivity index (χ2v) is 5.13. The largest absolute Gasteiger partial charge is 0.478 e. The molecule has 0 saturated carbocycles. The van der Waals surface area contributed by atoms with Gasteiger partial charge in [-0.3, -0.25) is 0 Å². The summed E-state index contributed by atoms with van der Waals surface area (Å²) in [5.74, 6) is -0.817. The predicted octanol–water partition coefficient (Wildman–Crippen LogP) is 3.60. The van der Waals surface area contributed by atoms with Gasteiger partial charge in [0.05, 0.1) is 0 Å². The molecule has 0 bridgehead atoms. The lowest BCUT2D eigenvalue weighted by molar-refractivity contribution is -0.132. The number of carboxylic acid groups (broad SMARTS) is 1. The number of thiophene rings is 1. The fraction of sp³-hybridized carbons (Fsp3) is 0.500. The first-order valence-corrected chi connectivity index (χ1v) is 7.26. The van der Waals surface area contributed by atoms with Gasteiger partial charge in [0.25, 0.3) is 0 Å². The number of hydrogen-bond donors (Lipinski definition) is 2. The molecule has 0 aliphatic carbocycles. The normalized spacial score (nSPS) is 13.6. The van der Waals surface area contributed by atoms with Crippen molar-refractivity contribution >= 4 is 17.3 Å². The van der Waals surface area contributed by atoms with Crippen LogP contribution in [0.25, 0.3) is 0 Å². The van der Waals surface area contributed by atoms with Crippen LogP contribution in [0, 0.1) is 0 Å². The van der Waals surface area contributed by atoms with E-state index >= 15 is 0 Å². The van der Waals surface area contributed by atoms with Gasteiger partial charge in [0.1, 0.15) is 0 Å². The number of carbonyl (C=O) groups is 1. The van der Waals surface area contributed by atoms with Crippen molar-refractivity contribution in [3.8, 4) is 0 Å². The summed E-state index contributed by atoms with van der Waals surface area (Å²) in [6, 6.07) is 4.51. The zero-order valence-electron chi connectivity index (χ0n) is 11.0. The highest BCUT2D eigenvalue weighted by Crippen LogP contribution is 2.22. The van der Waals surface area contributed by atoms with Crippen molar-refractivity contribution in [3.05, 3.63) is 34.0 Å². The molecule has 0 fully saturated rings. The summed E-state index contributed by atoms with van der Waals surface area (Å²) < 4.78 is 0. The zero-order valence-corrected chi connectivity index (χ0v) is 11.8. The molecule has 1 atom stereocenters. The molecule has 4 heteroatoms. The van der Waals surface area contributed by atoms with Gasteiger partial charge in [0, 0.05) is 23.0 Å². The van der Waals surface area contributed by atoms with E-state index in [2.05, 4.69) is 29.8 Å². The Bertz CT molecular complexity index is 385. The third-order valence-electron chi connectivity index (χ3n) is 2.83. The van der Waals surface area contributed by atoms with E-state index < -0.39 is 5.97 Å². The number of hydrogen-bond acceptors (Lipinski definition) is 3. The first-order chi connectivity index (χ1) is 8.69. The van der Waals surface area contributed by atoms with Crippen LogP contribution < -0.4 is 5.32 Å². The summed E-state index contributed by atoms with van der Waals surface area (Å²) in [5, 5.41) is 14.4. The molecule has 1 heterocycles. The van der Waals surface area contributed by atoms with E-state index in [1.54, 1.807) is 17.4 Å². The van der Waals surface area contributed by atoms with Gasteiger partial charge in [-0.05, 0) is 24.3 Å². The number of rotatable bonds is 8. The lowest BCUT2D eigenvalue weighted by atomic mass is 10.1. The van der Waals surface area contributed by atoms with Gasteiger partial charge in [0.15, 0.2) is 0 Å². The van der Waals surface area contributed by atoms with Gasteiger partial charge in [0.2, 0.25) is 0 Å². The van der Waals surface area contributed by atoms with E-state index in [0.29, 0.717) is 24.6 Å². The fourth-order valence-corrected chi connectivity index (χ4v) is 2.67. The van der Waals surface area contributed by atoms with E-state index in [1.807, 2.05) is 6.92 Å². The predicted molar refractivity (Wildman–Crippen MR) is 76.0 cm³/mol. The lowest BCUT2D eigenvalue weighted by Gasteiger charge is -2.15. The summed E-state index contributed by atoms with van der Waals surface area (Å²) in [4.78, 5) is 12.2. The fourth-order valence-electron chi connectivity index (χ4n) is 1.83. The summed E-state index contributed by atoms with van der Waals surface area (Å²) in [6.45, 7) is 4.63. The third-order valence-corrected chi connectivity index (χ3v) is 3.82. The smallest absolute Gasteiger partial charge is 0.331 e. The molecule has 18 heavy (non-hydrogen) atoms. The molecule has 2 N–H and O–H groups in total. The molecule has 0 spiro atoms. The van der Waals surface area contributed by atoms with Crippen LogP contribution in [-0.4, -0.2) is 17.6 Å². The topological polar surface area (TPSA) is 49.3 Å². The van der Waals surface area contributed by atoms with Crippen LogP contribution >= 0.6 is 11.3 Å². The molecule has 0 aliphatic heterocycles. The molecule has 0 amide bonds. The minimum absolute atomic E-state index is 0.332. The van der Waals surface area contributed by atoms with E-state index in [1.165, 1.54) is 4.88 Å². The van der Waals surface area contributed by atoms with Crippen LogP contribution in [0.1, 0.15) is 44.0 Å². The van der Waals surface area contributed by atoms with E-state index in [0.717, 1.165) is 12.8 Å². The Morgan fingerprint density at radius 2 is 2.33 bits per heavy atom. The van der Waals surface area contributed by atoms with Crippen LogP contribution in [0.15, 0.2) is 29.2 Å². The van der Waals surface area contributed by atoms with Crippen molar-refractivity contribution in [1.82, 2.24) is 5.32 Å². The number of nitrogens with one attached hydrogen (secondary N) is 1. The van der Waals surface area contributed by atoms with Gasteiger partial charge in [-0.15, -0.1) is 11.3 Å². The summed E-state index contributed by atoms with van der Waals surface area (Å²) >= 11 is 1.74. The van der Waals surface area contributed by atoms with E-state index in [-0.39, 0.29) is 0 Å². The highest BCUT2D eigenvalue weighted by Gasteiger charge is 2.10. The molecule has 0 saturated heterocycles. The van der Waals surface area contributed by atoms with Gasteiger partial charge in [-0.1, -0.05) is 32.4 Å². The van der Waals surface area contributed by atoms with Gasteiger partial charge in [-0.25, -0.2) is 4.79 Å². The molecule has 0 aromatic carbocycles. The van der Waals surface area contributed by atoms with Gasteiger partial charge < -0.3 is 10.4 Å². The maximum atomic E-state index is 10.9. The maximum Gasteiger partial charge on any atom is 0.331 e. The zero-order chi connectivity index (χ0) is 13.4. The summed E-state index contributed by atoms with van der Waals surface area (Å²) in [6.07, 6.45) is 4.52. The second-order valence-electron chi connectivity index (χ2n) is 4.15. The molecule has 100 valence electrons. The molecule has 1 unspecified atom stereocenters. The van der Waals surface area contributed by atoms with Crippen molar-refractivity contribution in [1.29, 1.82) is 0 Å². The summed E-state index contributed by atoms with van der Waals surface area (Å²) in [5.41, 5.74) is 0.476. The quantitative estimate of drug-likeness (QED) is 0.708. The minimum atomic E-state index is -0.817. The Hall–Kier alpha value is -1.13. The van der Waals surface area contributed by atoms with Crippen LogP contribution in [0.4, 0.5) is 0 Å². The second kappa shape index (κ2) is 8.06. The Kier molecular flexibility index (Phi) is 6.68. The van der Waals surface area contributed by atoms with Crippen LogP contribution in [0.5, 0.6) is 0 Å².